The number of benzene rings is 2. The summed E-state index contributed by atoms with van der Waals surface area (Å²) in [6.07, 6.45) is 0. The molecule has 0 fully saturated rings. The van der Waals surface area contributed by atoms with Gasteiger partial charge in [-0.3, -0.25) is 0 Å². The third kappa shape index (κ3) is 1.74. The molecule has 2 heteroatoms. The average molecular weight is 347 g/mol. The Morgan fingerprint density at radius 1 is 1.15 bits per heavy atom. The minimum absolute atomic E-state index is 1.20. The molecule has 0 saturated heterocycles. The van der Waals surface area contributed by atoms with E-state index in [4.69, 9.17) is 0 Å². The van der Waals surface area contributed by atoms with Gasteiger partial charge in [0.2, 0.25) is 0 Å². The van der Waals surface area contributed by atoms with Crippen LogP contribution in [0.25, 0.3) is 10.8 Å². The molecular formula is C11H8BrI. The number of rotatable bonds is 0. The van der Waals surface area contributed by atoms with E-state index in [1.54, 1.807) is 0 Å². The Morgan fingerprint density at radius 2 is 1.92 bits per heavy atom. The second kappa shape index (κ2) is 3.58. The second-order valence-electron chi connectivity index (χ2n) is 3.09. The van der Waals surface area contributed by atoms with E-state index in [0.29, 0.717) is 0 Å². The maximum Gasteiger partial charge on any atom is 0.0387 e. The summed E-state index contributed by atoms with van der Waals surface area (Å²) in [5.41, 5.74) is 1.31. The molecule has 13 heavy (non-hydrogen) atoms. The van der Waals surface area contributed by atoms with Gasteiger partial charge in [-0.15, -0.1) is 0 Å². The number of fused-ring (bicyclic) bond motifs is 1. The molecular weight excluding hydrogens is 339 g/mol. The summed E-state index contributed by atoms with van der Waals surface area (Å²) in [6, 6.07) is 10.8. The first kappa shape index (κ1) is 9.46. The van der Waals surface area contributed by atoms with Crippen LogP contribution in [0, 0.1) is 10.5 Å². The molecule has 0 aromatic heterocycles. The van der Waals surface area contributed by atoms with Gasteiger partial charge in [0, 0.05) is 8.04 Å². The Hall–Kier alpha value is -0.0900. The largest absolute Gasteiger partial charge is 0.0586 e. The highest BCUT2D eigenvalue weighted by Gasteiger charge is 2.01. The number of hydrogen-bond acceptors (Lipinski definition) is 0. The zero-order valence-corrected chi connectivity index (χ0v) is 10.9. The first-order valence-corrected chi connectivity index (χ1v) is 5.90. The van der Waals surface area contributed by atoms with E-state index < -0.39 is 0 Å². The predicted molar refractivity (Wildman–Crippen MR) is 69.1 cm³/mol. The molecule has 0 aliphatic carbocycles. The molecule has 0 bridgehead atoms. The molecule has 0 aliphatic rings. The molecule has 0 spiro atoms. The first-order valence-electron chi connectivity index (χ1n) is 4.03. The van der Waals surface area contributed by atoms with Gasteiger partial charge in [-0.05, 0) is 62.3 Å². The van der Waals surface area contributed by atoms with Crippen molar-refractivity contribution in [3.63, 3.8) is 0 Å². The summed E-state index contributed by atoms with van der Waals surface area (Å²) in [5, 5.41) is 2.59. The van der Waals surface area contributed by atoms with Crippen molar-refractivity contribution in [2.75, 3.05) is 0 Å². The molecule has 0 heterocycles. The molecule has 0 amide bonds. The summed E-state index contributed by atoms with van der Waals surface area (Å²) in [6.45, 7) is 2.12. The van der Waals surface area contributed by atoms with Crippen molar-refractivity contribution in [1.29, 1.82) is 0 Å². The highest BCUT2D eigenvalue weighted by Crippen LogP contribution is 2.29. The number of hydrogen-bond donors (Lipinski definition) is 0. The summed E-state index contributed by atoms with van der Waals surface area (Å²) < 4.78 is 2.46. The Labute approximate surface area is 99.6 Å². The lowest BCUT2D eigenvalue weighted by Gasteiger charge is -2.03. The molecule has 0 unspecified atom stereocenters. The topological polar surface area (TPSA) is 0 Å². The molecule has 66 valence electrons. The minimum Gasteiger partial charge on any atom is -0.0586 e. The standard InChI is InChI=1S/C11H8BrI/c1-7-2-4-9-8(6-7)3-5-10(13)11(9)12/h2-6H,1H3. The van der Waals surface area contributed by atoms with Gasteiger partial charge in [-0.2, -0.15) is 0 Å². The van der Waals surface area contributed by atoms with Crippen LogP contribution in [0.3, 0.4) is 0 Å². The normalized spacial score (nSPS) is 10.7. The Balaban J connectivity index is 2.87. The first-order chi connectivity index (χ1) is 6.18. The maximum atomic E-state index is 3.60. The molecule has 0 aliphatic heterocycles. The highest BCUT2D eigenvalue weighted by molar-refractivity contribution is 14.1. The number of aryl methyl sites for hydroxylation is 1. The zero-order valence-electron chi connectivity index (χ0n) is 7.14. The van der Waals surface area contributed by atoms with Crippen LogP contribution in [0.15, 0.2) is 34.8 Å². The smallest absolute Gasteiger partial charge is 0.0387 e. The average Bonchev–Trinajstić information content (AvgIpc) is 2.12. The van der Waals surface area contributed by atoms with Crippen molar-refractivity contribution in [1.82, 2.24) is 0 Å². The summed E-state index contributed by atoms with van der Waals surface area (Å²) in [4.78, 5) is 0. The lowest BCUT2D eigenvalue weighted by molar-refractivity contribution is 1.50. The van der Waals surface area contributed by atoms with Crippen LogP contribution in [0.2, 0.25) is 0 Å². The molecule has 2 aromatic rings. The monoisotopic (exact) mass is 346 g/mol. The molecule has 0 saturated carbocycles. The molecule has 2 rings (SSSR count). The van der Waals surface area contributed by atoms with Gasteiger partial charge >= 0.3 is 0 Å². The van der Waals surface area contributed by atoms with E-state index >= 15 is 0 Å². The van der Waals surface area contributed by atoms with Crippen molar-refractivity contribution < 1.29 is 0 Å². The third-order valence-electron chi connectivity index (χ3n) is 2.06. The van der Waals surface area contributed by atoms with Crippen molar-refractivity contribution in [2.45, 2.75) is 6.92 Å². The van der Waals surface area contributed by atoms with Crippen LogP contribution < -0.4 is 0 Å². The van der Waals surface area contributed by atoms with Gasteiger partial charge < -0.3 is 0 Å². The Morgan fingerprint density at radius 3 is 2.69 bits per heavy atom. The Bertz CT molecular complexity index is 463. The zero-order chi connectivity index (χ0) is 9.42. The molecule has 0 nitrogen and oxygen atoms in total. The second-order valence-corrected chi connectivity index (χ2v) is 5.04. The summed E-state index contributed by atoms with van der Waals surface area (Å²) >= 11 is 5.93. The lowest BCUT2D eigenvalue weighted by Crippen LogP contribution is -1.80. The van der Waals surface area contributed by atoms with Gasteiger partial charge in [0.15, 0.2) is 0 Å². The Kier molecular flexibility index (Phi) is 2.60. The molecule has 0 radical (unpaired) electrons. The van der Waals surface area contributed by atoms with Crippen LogP contribution in [0.4, 0.5) is 0 Å². The van der Waals surface area contributed by atoms with E-state index in [-0.39, 0.29) is 0 Å². The van der Waals surface area contributed by atoms with E-state index in [0.717, 1.165) is 0 Å². The fourth-order valence-corrected chi connectivity index (χ4v) is 2.35. The van der Waals surface area contributed by atoms with Crippen molar-refractivity contribution in [3.8, 4) is 0 Å². The van der Waals surface area contributed by atoms with E-state index in [9.17, 15) is 0 Å². The fraction of sp³-hybridized carbons (Fsp3) is 0.0909. The third-order valence-corrected chi connectivity index (χ3v) is 4.56. The quantitative estimate of drug-likeness (QED) is 0.615. The van der Waals surface area contributed by atoms with Crippen LogP contribution in [-0.4, -0.2) is 0 Å². The molecule has 0 N–H and O–H groups in total. The van der Waals surface area contributed by atoms with Crippen LogP contribution in [0.1, 0.15) is 5.56 Å². The highest BCUT2D eigenvalue weighted by atomic mass is 127. The summed E-state index contributed by atoms with van der Waals surface area (Å²) in [7, 11) is 0. The van der Waals surface area contributed by atoms with Gasteiger partial charge in [0.25, 0.3) is 0 Å². The van der Waals surface area contributed by atoms with Gasteiger partial charge in [-0.1, -0.05) is 29.8 Å². The minimum atomic E-state index is 1.20. The van der Waals surface area contributed by atoms with Crippen LogP contribution in [-0.2, 0) is 0 Å². The fourth-order valence-electron chi connectivity index (χ4n) is 1.38. The molecule has 2 aromatic carbocycles. The van der Waals surface area contributed by atoms with Crippen LogP contribution in [0.5, 0.6) is 0 Å². The SMILES string of the molecule is Cc1ccc2c(Br)c(I)ccc2c1. The van der Waals surface area contributed by atoms with Gasteiger partial charge in [0.1, 0.15) is 0 Å². The number of halogens is 2. The van der Waals surface area contributed by atoms with Crippen molar-refractivity contribution in [3.05, 3.63) is 43.9 Å². The van der Waals surface area contributed by atoms with E-state index in [1.165, 1.54) is 24.4 Å². The van der Waals surface area contributed by atoms with Crippen LogP contribution >= 0.6 is 38.5 Å². The van der Waals surface area contributed by atoms with E-state index in [1.807, 2.05) is 0 Å². The summed E-state index contributed by atoms with van der Waals surface area (Å²) in [5.74, 6) is 0. The molecule has 0 atom stereocenters. The predicted octanol–water partition coefficient (Wildman–Crippen LogP) is 4.52. The van der Waals surface area contributed by atoms with Gasteiger partial charge in [0.05, 0.1) is 0 Å². The maximum absolute atomic E-state index is 3.60. The van der Waals surface area contributed by atoms with Gasteiger partial charge in [-0.25, -0.2) is 0 Å². The van der Waals surface area contributed by atoms with Crippen molar-refractivity contribution >= 4 is 49.3 Å². The van der Waals surface area contributed by atoms with E-state index in [2.05, 4.69) is 75.8 Å². The lowest BCUT2D eigenvalue weighted by atomic mass is 10.1. The van der Waals surface area contributed by atoms with Crippen molar-refractivity contribution in [2.24, 2.45) is 0 Å².